The lowest BCUT2D eigenvalue weighted by molar-refractivity contribution is -0.140. The molecule has 1 heterocycles. The molecule has 1 amide bonds. The van der Waals surface area contributed by atoms with Crippen LogP contribution in [-0.4, -0.2) is 74.0 Å². The molecular weight excluding hydrogens is 442 g/mol. The number of ether oxygens (including phenoxy) is 4. The molecule has 1 aliphatic rings. The maximum atomic E-state index is 13.1. The van der Waals surface area contributed by atoms with E-state index in [0.29, 0.717) is 35.0 Å². The minimum atomic E-state index is -0.912. The average molecular weight is 472 g/mol. The van der Waals surface area contributed by atoms with Crippen LogP contribution in [0.1, 0.15) is 24.1 Å². The van der Waals surface area contributed by atoms with Crippen LogP contribution in [0.4, 0.5) is 0 Å². The maximum absolute atomic E-state index is 13.1. The Bertz CT molecular complexity index is 1050. The Morgan fingerprint density at radius 3 is 2.32 bits per heavy atom. The molecule has 1 saturated heterocycles. The minimum Gasteiger partial charge on any atom is -0.507 e. The fraction of sp³-hybridized carbons (Fsp3) is 0.360. The van der Waals surface area contributed by atoms with Gasteiger partial charge in [0.1, 0.15) is 23.0 Å². The van der Waals surface area contributed by atoms with Gasteiger partial charge >= 0.3 is 0 Å². The van der Waals surface area contributed by atoms with Gasteiger partial charge in [-0.15, -0.1) is 0 Å². The number of nitrogens with zero attached hydrogens (tertiary/aromatic N) is 1. The highest BCUT2D eigenvalue weighted by Gasteiger charge is 2.47. The SMILES string of the molecule is CCOc1ccc(/C(O)=C2\C(=O)C(=O)N(CCOCCO)[C@H]2c2ccc(OC)cc2OC)cc1. The molecule has 34 heavy (non-hydrogen) atoms. The average Bonchev–Trinajstić information content (AvgIpc) is 3.11. The Morgan fingerprint density at radius 2 is 1.71 bits per heavy atom. The van der Waals surface area contributed by atoms with Crippen LogP contribution in [0.2, 0.25) is 0 Å². The molecular formula is C25H29NO8. The van der Waals surface area contributed by atoms with Crippen LogP contribution in [0.3, 0.4) is 0 Å². The van der Waals surface area contributed by atoms with E-state index in [2.05, 4.69) is 0 Å². The van der Waals surface area contributed by atoms with E-state index in [9.17, 15) is 14.7 Å². The number of carbonyl (C=O) groups is 2. The Balaban J connectivity index is 2.11. The molecule has 182 valence electrons. The van der Waals surface area contributed by atoms with Crippen molar-refractivity contribution in [3.8, 4) is 17.2 Å². The standard InChI is InChI=1S/C25H29NO8/c1-4-34-17-7-5-16(6-8-17)23(28)21-22(19-10-9-18(31-2)15-20(19)32-3)26(25(30)24(21)29)11-13-33-14-12-27/h5-10,15,22,27-28H,4,11-14H2,1-3H3/b23-21+/t22-/m0/s1. The summed E-state index contributed by atoms with van der Waals surface area (Å²) >= 11 is 0. The minimum absolute atomic E-state index is 0.0558. The van der Waals surface area contributed by atoms with Crippen LogP contribution < -0.4 is 14.2 Å². The molecule has 0 spiro atoms. The number of aliphatic hydroxyl groups is 2. The summed E-state index contributed by atoms with van der Waals surface area (Å²) in [4.78, 5) is 27.5. The van der Waals surface area contributed by atoms with Gasteiger partial charge in [-0.3, -0.25) is 9.59 Å². The van der Waals surface area contributed by atoms with E-state index in [0.717, 1.165) is 0 Å². The van der Waals surface area contributed by atoms with Gasteiger partial charge < -0.3 is 34.1 Å². The van der Waals surface area contributed by atoms with Gasteiger partial charge in [0.05, 0.1) is 52.3 Å². The van der Waals surface area contributed by atoms with Gasteiger partial charge in [0, 0.05) is 23.7 Å². The quantitative estimate of drug-likeness (QED) is 0.222. The summed E-state index contributed by atoms with van der Waals surface area (Å²) in [7, 11) is 2.99. The second-order valence-electron chi connectivity index (χ2n) is 7.39. The predicted octanol–water partition coefficient (Wildman–Crippen LogP) is 2.53. The Morgan fingerprint density at radius 1 is 1.00 bits per heavy atom. The molecule has 0 bridgehead atoms. The zero-order valence-corrected chi connectivity index (χ0v) is 19.4. The van der Waals surface area contributed by atoms with Crippen molar-refractivity contribution in [1.29, 1.82) is 0 Å². The number of methoxy groups -OCH3 is 2. The maximum Gasteiger partial charge on any atom is 0.295 e. The number of benzene rings is 2. The van der Waals surface area contributed by atoms with Crippen molar-refractivity contribution in [3.63, 3.8) is 0 Å². The highest BCUT2D eigenvalue weighted by atomic mass is 16.5. The summed E-state index contributed by atoms with van der Waals surface area (Å²) in [5.41, 5.74) is 0.826. The Hall–Kier alpha value is -3.56. The zero-order valence-electron chi connectivity index (χ0n) is 19.4. The van der Waals surface area contributed by atoms with Gasteiger partial charge in [-0.1, -0.05) is 0 Å². The lowest BCUT2D eigenvalue weighted by Crippen LogP contribution is -2.33. The first-order valence-electron chi connectivity index (χ1n) is 10.9. The van der Waals surface area contributed by atoms with Crippen molar-refractivity contribution in [1.82, 2.24) is 4.90 Å². The van der Waals surface area contributed by atoms with Crippen molar-refractivity contribution < 1.29 is 38.7 Å². The van der Waals surface area contributed by atoms with Gasteiger partial charge in [-0.05, 0) is 43.3 Å². The summed E-state index contributed by atoms with van der Waals surface area (Å²) < 4.78 is 21.6. The van der Waals surface area contributed by atoms with E-state index in [1.54, 1.807) is 42.5 Å². The van der Waals surface area contributed by atoms with Crippen LogP contribution in [0.15, 0.2) is 48.0 Å². The van der Waals surface area contributed by atoms with Gasteiger partial charge in [0.2, 0.25) is 0 Å². The number of rotatable bonds is 11. The lowest BCUT2D eigenvalue weighted by Gasteiger charge is -2.26. The molecule has 9 heteroatoms. The summed E-state index contributed by atoms with van der Waals surface area (Å²) in [6.07, 6.45) is 0. The number of carbonyl (C=O) groups excluding carboxylic acids is 2. The second-order valence-corrected chi connectivity index (χ2v) is 7.39. The predicted molar refractivity (Wildman–Crippen MR) is 124 cm³/mol. The number of amides is 1. The van der Waals surface area contributed by atoms with Crippen LogP contribution in [0, 0.1) is 0 Å². The summed E-state index contributed by atoms with van der Waals surface area (Å²) in [6.45, 7) is 2.48. The van der Waals surface area contributed by atoms with Crippen molar-refractivity contribution in [2.75, 3.05) is 47.2 Å². The molecule has 0 aromatic heterocycles. The molecule has 3 rings (SSSR count). The number of Topliss-reactive ketones (excluding diaryl/α,β-unsaturated/α-hetero) is 1. The van der Waals surface area contributed by atoms with Crippen molar-refractivity contribution in [2.45, 2.75) is 13.0 Å². The second kappa shape index (κ2) is 11.5. The highest BCUT2D eigenvalue weighted by Crippen LogP contribution is 2.43. The number of aliphatic hydroxyl groups excluding tert-OH is 2. The topological polar surface area (TPSA) is 115 Å². The number of hydrogen-bond donors (Lipinski definition) is 2. The highest BCUT2D eigenvalue weighted by molar-refractivity contribution is 6.46. The summed E-state index contributed by atoms with van der Waals surface area (Å²) in [6, 6.07) is 10.7. The smallest absolute Gasteiger partial charge is 0.295 e. The molecule has 1 fully saturated rings. The fourth-order valence-corrected chi connectivity index (χ4v) is 3.84. The Kier molecular flexibility index (Phi) is 8.50. The molecule has 1 atom stereocenters. The van der Waals surface area contributed by atoms with E-state index in [-0.39, 0.29) is 37.7 Å². The molecule has 2 aromatic carbocycles. The number of hydrogen-bond acceptors (Lipinski definition) is 8. The molecule has 0 aliphatic carbocycles. The first-order chi connectivity index (χ1) is 16.5. The van der Waals surface area contributed by atoms with E-state index >= 15 is 0 Å². The number of ketones is 1. The van der Waals surface area contributed by atoms with Gasteiger partial charge in [-0.2, -0.15) is 0 Å². The molecule has 1 aliphatic heterocycles. The monoisotopic (exact) mass is 471 g/mol. The third kappa shape index (κ3) is 5.16. The molecule has 2 aromatic rings. The third-order valence-electron chi connectivity index (χ3n) is 5.43. The largest absolute Gasteiger partial charge is 0.507 e. The van der Waals surface area contributed by atoms with Crippen molar-refractivity contribution >= 4 is 17.4 Å². The lowest BCUT2D eigenvalue weighted by atomic mass is 9.94. The van der Waals surface area contributed by atoms with E-state index in [1.165, 1.54) is 19.1 Å². The summed E-state index contributed by atoms with van der Waals surface area (Å²) in [5, 5.41) is 20.1. The molecule has 0 radical (unpaired) electrons. The molecule has 9 nitrogen and oxygen atoms in total. The van der Waals surface area contributed by atoms with E-state index < -0.39 is 17.7 Å². The first-order valence-corrected chi connectivity index (χ1v) is 10.9. The van der Waals surface area contributed by atoms with Gasteiger partial charge in [0.15, 0.2) is 0 Å². The van der Waals surface area contributed by atoms with Gasteiger partial charge in [0.25, 0.3) is 11.7 Å². The summed E-state index contributed by atoms with van der Waals surface area (Å²) in [5.74, 6) is -0.322. The normalized spacial score (nSPS) is 17.2. The van der Waals surface area contributed by atoms with Gasteiger partial charge in [-0.25, -0.2) is 0 Å². The molecule has 2 N–H and O–H groups in total. The third-order valence-corrected chi connectivity index (χ3v) is 5.43. The van der Waals surface area contributed by atoms with Crippen LogP contribution in [-0.2, 0) is 14.3 Å². The fourth-order valence-electron chi connectivity index (χ4n) is 3.84. The van der Waals surface area contributed by atoms with E-state index in [1.807, 2.05) is 6.92 Å². The van der Waals surface area contributed by atoms with E-state index in [4.69, 9.17) is 24.1 Å². The van der Waals surface area contributed by atoms with Crippen molar-refractivity contribution in [2.24, 2.45) is 0 Å². The Labute approximate surface area is 198 Å². The van der Waals surface area contributed by atoms with Crippen LogP contribution in [0.5, 0.6) is 17.2 Å². The number of likely N-dealkylation sites (tertiary alicyclic amines) is 1. The zero-order chi connectivity index (χ0) is 24.7. The first kappa shape index (κ1) is 25.1. The molecule has 0 saturated carbocycles. The molecule has 0 unspecified atom stereocenters. The van der Waals surface area contributed by atoms with Crippen LogP contribution >= 0.6 is 0 Å². The van der Waals surface area contributed by atoms with Crippen LogP contribution in [0.25, 0.3) is 5.76 Å². The van der Waals surface area contributed by atoms with Crippen molar-refractivity contribution in [3.05, 3.63) is 59.2 Å².